The van der Waals surface area contributed by atoms with E-state index in [2.05, 4.69) is 5.32 Å². The number of halogens is 1. The lowest BCUT2D eigenvalue weighted by molar-refractivity contribution is -0.118. The molecule has 1 fully saturated rings. The van der Waals surface area contributed by atoms with E-state index in [-0.39, 0.29) is 16.4 Å². The summed E-state index contributed by atoms with van der Waals surface area (Å²) in [6, 6.07) is 7.33. The van der Waals surface area contributed by atoms with Gasteiger partial charge in [0.05, 0.1) is 5.25 Å². The van der Waals surface area contributed by atoms with Gasteiger partial charge in [-0.15, -0.1) is 0 Å². The Morgan fingerprint density at radius 1 is 1.33 bits per heavy atom. The zero-order chi connectivity index (χ0) is 10.8. The topological polar surface area (TPSA) is 46.2 Å². The van der Waals surface area contributed by atoms with Gasteiger partial charge in [-0.2, -0.15) is 0 Å². The maximum absolute atomic E-state index is 11.3. The van der Waals surface area contributed by atoms with Crippen molar-refractivity contribution in [2.45, 2.75) is 11.7 Å². The van der Waals surface area contributed by atoms with Crippen molar-refractivity contribution in [3.8, 4) is 0 Å². The van der Waals surface area contributed by atoms with Gasteiger partial charge in [0.1, 0.15) is 0 Å². The average molecular weight is 242 g/mol. The highest BCUT2D eigenvalue weighted by Gasteiger charge is 2.31. The Bertz CT molecular complexity index is 422. The molecule has 0 radical (unpaired) electrons. The Kier molecular flexibility index (Phi) is 2.98. The first kappa shape index (κ1) is 10.5. The van der Waals surface area contributed by atoms with E-state index in [0.717, 1.165) is 17.3 Å². The fourth-order valence-electron chi connectivity index (χ4n) is 1.39. The lowest BCUT2D eigenvalue weighted by Crippen LogP contribution is -2.25. The zero-order valence-corrected chi connectivity index (χ0v) is 9.27. The molecule has 0 aromatic heterocycles. The fourth-order valence-corrected chi connectivity index (χ4v) is 2.45. The molecule has 0 aliphatic carbocycles. The second-order valence-corrected chi connectivity index (χ2v) is 4.76. The second-order valence-electron chi connectivity index (χ2n) is 3.18. The number of hydrogen-bond donors (Lipinski definition) is 1. The Labute approximate surface area is 96.2 Å². The number of imide groups is 1. The van der Waals surface area contributed by atoms with Gasteiger partial charge in [0.2, 0.25) is 5.91 Å². The van der Waals surface area contributed by atoms with Gasteiger partial charge in [-0.05, 0) is 18.1 Å². The fraction of sp³-hybridized carbons (Fsp3) is 0.200. The van der Waals surface area contributed by atoms with E-state index in [4.69, 9.17) is 11.6 Å². The molecule has 1 heterocycles. The van der Waals surface area contributed by atoms with Crippen LogP contribution in [0.3, 0.4) is 0 Å². The summed E-state index contributed by atoms with van der Waals surface area (Å²) in [4.78, 5) is 22.2. The van der Waals surface area contributed by atoms with Gasteiger partial charge in [-0.25, -0.2) is 0 Å². The van der Waals surface area contributed by atoms with Gasteiger partial charge >= 0.3 is 0 Å². The smallest absolute Gasteiger partial charge is 0.286 e. The summed E-state index contributed by atoms with van der Waals surface area (Å²) in [5.74, 6) is -0.232. The van der Waals surface area contributed by atoms with E-state index in [1.807, 2.05) is 18.2 Å². The van der Waals surface area contributed by atoms with E-state index in [1.54, 1.807) is 6.07 Å². The highest BCUT2D eigenvalue weighted by molar-refractivity contribution is 8.15. The summed E-state index contributed by atoms with van der Waals surface area (Å²) < 4.78 is 0. The van der Waals surface area contributed by atoms with Crippen LogP contribution in [0.1, 0.15) is 5.56 Å². The van der Waals surface area contributed by atoms with E-state index >= 15 is 0 Å². The Hall–Kier alpha value is -1.000. The third kappa shape index (κ3) is 2.33. The highest BCUT2D eigenvalue weighted by atomic mass is 35.5. The molecule has 5 heteroatoms. The van der Waals surface area contributed by atoms with Gasteiger partial charge in [-0.3, -0.25) is 14.9 Å². The number of carbonyl (C=O) groups excluding carboxylic acids is 2. The predicted octanol–water partition coefficient (Wildman–Crippen LogP) is 2.23. The minimum absolute atomic E-state index is 0.232. The van der Waals surface area contributed by atoms with Crippen LogP contribution in [0.5, 0.6) is 0 Å². The van der Waals surface area contributed by atoms with Crippen molar-refractivity contribution < 1.29 is 9.59 Å². The van der Waals surface area contributed by atoms with Crippen LogP contribution in [-0.4, -0.2) is 16.4 Å². The van der Waals surface area contributed by atoms with E-state index in [1.165, 1.54) is 0 Å². The summed E-state index contributed by atoms with van der Waals surface area (Å²) in [6.45, 7) is 0. The van der Waals surface area contributed by atoms with Gasteiger partial charge in [0, 0.05) is 5.02 Å². The highest BCUT2D eigenvalue weighted by Crippen LogP contribution is 2.25. The normalized spacial score (nSPS) is 20.5. The Morgan fingerprint density at radius 2 is 2.07 bits per heavy atom. The van der Waals surface area contributed by atoms with Crippen LogP contribution in [-0.2, 0) is 11.2 Å². The Balaban J connectivity index is 2.13. The molecule has 3 nitrogen and oxygen atoms in total. The quantitative estimate of drug-likeness (QED) is 0.864. The Morgan fingerprint density at radius 3 is 2.67 bits per heavy atom. The molecule has 0 spiro atoms. The molecule has 0 bridgehead atoms. The first-order chi connectivity index (χ1) is 7.16. The average Bonchev–Trinajstić information content (AvgIpc) is 2.49. The summed E-state index contributed by atoms with van der Waals surface area (Å²) in [5, 5.41) is 2.25. The SMILES string of the molecule is O=C1NC(=O)[C@@H](Cc2ccccc2Cl)S1. The van der Waals surface area contributed by atoms with Crippen molar-refractivity contribution in [3.05, 3.63) is 34.9 Å². The lowest BCUT2D eigenvalue weighted by Gasteiger charge is -2.06. The van der Waals surface area contributed by atoms with Crippen molar-refractivity contribution in [2.24, 2.45) is 0 Å². The first-order valence-electron chi connectivity index (χ1n) is 4.41. The third-order valence-corrected chi connectivity index (χ3v) is 3.48. The van der Waals surface area contributed by atoms with Crippen molar-refractivity contribution >= 4 is 34.5 Å². The summed E-state index contributed by atoms with van der Waals surface area (Å²) in [5.41, 5.74) is 0.890. The van der Waals surface area contributed by atoms with Crippen molar-refractivity contribution in [1.29, 1.82) is 0 Å². The van der Waals surface area contributed by atoms with Crippen molar-refractivity contribution in [2.75, 3.05) is 0 Å². The predicted molar refractivity (Wildman–Crippen MR) is 60.1 cm³/mol. The molecule has 0 unspecified atom stereocenters. The van der Waals surface area contributed by atoms with Crippen LogP contribution in [0.25, 0.3) is 0 Å². The zero-order valence-electron chi connectivity index (χ0n) is 7.70. The first-order valence-corrected chi connectivity index (χ1v) is 5.67. The van der Waals surface area contributed by atoms with E-state index in [0.29, 0.717) is 11.4 Å². The van der Waals surface area contributed by atoms with Crippen LogP contribution >= 0.6 is 23.4 Å². The monoisotopic (exact) mass is 241 g/mol. The van der Waals surface area contributed by atoms with Crippen LogP contribution in [0.15, 0.2) is 24.3 Å². The van der Waals surface area contributed by atoms with Crippen molar-refractivity contribution in [1.82, 2.24) is 5.32 Å². The molecule has 15 heavy (non-hydrogen) atoms. The van der Waals surface area contributed by atoms with E-state index in [9.17, 15) is 9.59 Å². The number of carbonyl (C=O) groups is 2. The van der Waals surface area contributed by atoms with Crippen LogP contribution < -0.4 is 5.32 Å². The largest absolute Gasteiger partial charge is 0.286 e. The standard InChI is InChI=1S/C10H8ClNO2S/c11-7-4-2-1-3-6(7)5-8-9(13)12-10(14)15-8/h1-4,8H,5H2,(H,12,13,14)/t8-/m1/s1. The molecule has 1 aliphatic rings. The molecule has 1 aliphatic heterocycles. The van der Waals surface area contributed by atoms with Crippen molar-refractivity contribution in [3.63, 3.8) is 0 Å². The molecular weight excluding hydrogens is 234 g/mol. The summed E-state index contributed by atoms with van der Waals surface area (Å²) in [6.07, 6.45) is 0.488. The number of benzene rings is 1. The maximum atomic E-state index is 11.3. The molecule has 1 aromatic carbocycles. The molecule has 0 saturated carbocycles. The molecule has 1 N–H and O–H groups in total. The number of rotatable bonds is 2. The minimum Gasteiger partial charge on any atom is -0.286 e. The van der Waals surface area contributed by atoms with E-state index < -0.39 is 0 Å². The molecule has 2 amide bonds. The summed E-state index contributed by atoms with van der Waals surface area (Å²) in [7, 11) is 0. The molecule has 78 valence electrons. The molecule has 2 rings (SSSR count). The van der Waals surface area contributed by atoms with Gasteiger partial charge in [-0.1, -0.05) is 41.6 Å². The number of amides is 2. The molecular formula is C10H8ClNO2S. The number of thioether (sulfide) groups is 1. The summed E-state index contributed by atoms with van der Waals surface area (Å²) >= 11 is 6.98. The third-order valence-electron chi connectivity index (χ3n) is 2.13. The maximum Gasteiger partial charge on any atom is 0.286 e. The number of nitrogens with one attached hydrogen (secondary N) is 1. The number of hydrogen-bond acceptors (Lipinski definition) is 3. The van der Waals surface area contributed by atoms with Gasteiger partial charge in [0.25, 0.3) is 5.24 Å². The minimum atomic E-state index is -0.350. The van der Waals surface area contributed by atoms with Gasteiger partial charge in [0.15, 0.2) is 0 Å². The van der Waals surface area contributed by atoms with Crippen LogP contribution in [0.2, 0.25) is 5.02 Å². The molecule has 1 aromatic rings. The molecule has 1 atom stereocenters. The molecule has 1 saturated heterocycles. The van der Waals surface area contributed by atoms with Crippen LogP contribution in [0.4, 0.5) is 4.79 Å². The lowest BCUT2D eigenvalue weighted by atomic mass is 10.1. The second kappa shape index (κ2) is 4.24. The van der Waals surface area contributed by atoms with Crippen LogP contribution in [0, 0.1) is 0 Å². The van der Waals surface area contributed by atoms with Gasteiger partial charge < -0.3 is 0 Å².